The molecule has 8 heteroatoms. The quantitative estimate of drug-likeness (QED) is 0.875. The Labute approximate surface area is 126 Å². The molecule has 5 nitrogen and oxygen atoms in total. The highest BCUT2D eigenvalue weighted by Crippen LogP contribution is 2.22. The predicted molar refractivity (Wildman–Crippen MR) is 75.3 cm³/mol. The number of halogens is 3. The first-order chi connectivity index (χ1) is 10.4. The van der Waals surface area contributed by atoms with Gasteiger partial charge in [0.1, 0.15) is 0 Å². The molecule has 122 valence electrons. The molecule has 0 spiro atoms. The Hall–Kier alpha value is -1.86. The van der Waals surface area contributed by atoms with Crippen LogP contribution in [0.1, 0.15) is 31.9 Å². The van der Waals surface area contributed by atoms with Gasteiger partial charge in [-0.2, -0.15) is 13.2 Å². The number of anilines is 1. The minimum Gasteiger partial charge on any atom is -0.349 e. The van der Waals surface area contributed by atoms with E-state index in [4.69, 9.17) is 0 Å². The Morgan fingerprint density at radius 1 is 1.45 bits per heavy atom. The molecule has 1 aliphatic rings. The summed E-state index contributed by atoms with van der Waals surface area (Å²) in [6.45, 7) is 3.29. The molecule has 1 unspecified atom stereocenters. The number of aromatic nitrogens is 2. The van der Waals surface area contributed by atoms with Gasteiger partial charge in [0.05, 0.1) is 6.04 Å². The third-order valence-electron chi connectivity index (χ3n) is 3.42. The van der Waals surface area contributed by atoms with Crippen LogP contribution in [0.5, 0.6) is 0 Å². The van der Waals surface area contributed by atoms with Crippen LogP contribution in [0.3, 0.4) is 0 Å². The topological polar surface area (TPSA) is 58.1 Å². The molecule has 22 heavy (non-hydrogen) atoms. The maximum atomic E-state index is 12.2. The minimum atomic E-state index is -4.20. The lowest BCUT2D eigenvalue weighted by Crippen LogP contribution is -2.29. The van der Waals surface area contributed by atoms with Gasteiger partial charge in [0.2, 0.25) is 11.9 Å². The van der Waals surface area contributed by atoms with Crippen molar-refractivity contribution in [2.45, 2.75) is 44.8 Å². The number of amides is 1. The van der Waals surface area contributed by atoms with Crippen LogP contribution in [-0.2, 0) is 11.2 Å². The van der Waals surface area contributed by atoms with E-state index in [0.29, 0.717) is 25.2 Å². The van der Waals surface area contributed by atoms with Crippen LogP contribution < -0.4 is 5.32 Å². The fourth-order valence-electron chi connectivity index (χ4n) is 2.41. The summed E-state index contributed by atoms with van der Waals surface area (Å²) in [5, 5.41) is 3.03. The van der Waals surface area contributed by atoms with Gasteiger partial charge in [-0.1, -0.05) is 6.92 Å². The maximum Gasteiger partial charge on any atom is 0.389 e. The average molecular weight is 316 g/mol. The van der Waals surface area contributed by atoms with E-state index in [-0.39, 0.29) is 24.3 Å². The molecule has 2 rings (SSSR count). The van der Waals surface area contributed by atoms with Crippen molar-refractivity contribution in [1.29, 1.82) is 0 Å². The molecule has 0 bridgehead atoms. The number of alkyl halides is 3. The molecule has 1 aromatic heterocycles. The van der Waals surface area contributed by atoms with Crippen molar-refractivity contribution in [3.05, 3.63) is 18.0 Å². The van der Waals surface area contributed by atoms with E-state index in [1.165, 1.54) is 12.3 Å². The van der Waals surface area contributed by atoms with Gasteiger partial charge in [0.15, 0.2) is 0 Å². The maximum absolute atomic E-state index is 12.2. The Kier molecular flexibility index (Phi) is 5.20. The van der Waals surface area contributed by atoms with Crippen molar-refractivity contribution in [3.8, 4) is 0 Å². The monoisotopic (exact) mass is 316 g/mol. The summed E-state index contributed by atoms with van der Waals surface area (Å²) < 4.78 is 36.7. The van der Waals surface area contributed by atoms with Gasteiger partial charge in [0.25, 0.3) is 0 Å². The highest BCUT2D eigenvalue weighted by Gasteiger charge is 2.29. The van der Waals surface area contributed by atoms with Gasteiger partial charge < -0.3 is 10.2 Å². The first-order valence-electron chi connectivity index (χ1n) is 7.30. The largest absolute Gasteiger partial charge is 0.389 e. The van der Waals surface area contributed by atoms with Crippen molar-refractivity contribution in [2.24, 2.45) is 0 Å². The van der Waals surface area contributed by atoms with Gasteiger partial charge >= 0.3 is 6.18 Å². The Bertz CT molecular complexity index is 521. The fourth-order valence-corrected chi connectivity index (χ4v) is 2.41. The molecule has 0 radical (unpaired) electrons. The number of rotatable bonds is 6. The van der Waals surface area contributed by atoms with Crippen LogP contribution in [0.15, 0.2) is 12.3 Å². The summed E-state index contributed by atoms with van der Waals surface area (Å²) in [6, 6.07) is 1.37. The van der Waals surface area contributed by atoms with Gasteiger partial charge in [-0.25, -0.2) is 9.97 Å². The number of nitrogens with one attached hydrogen (secondary N) is 1. The van der Waals surface area contributed by atoms with Crippen molar-refractivity contribution in [2.75, 3.05) is 18.4 Å². The lowest BCUT2D eigenvalue weighted by Gasteiger charge is -2.16. The fraction of sp³-hybridized carbons (Fsp3) is 0.643. The first kappa shape index (κ1) is 16.5. The number of hydrogen-bond acceptors (Lipinski definition) is 4. The van der Waals surface area contributed by atoms with Crippen LogP contribution in [-0.4, -0.2) is 46.1 Å². The van der Waals surface area contributed by atoms with Gasteiger partial charge in [-0.05, 0) is 18.9 Å². The van der Waals surface area contributed by atoms with E-state index in [2.05, 4.69) is 15.3 Å². The van der Waals surface area contributed by atoms with Crippen LogP contribution in [0.2, 0.25) is 0 Å². The summed E-state index contributed by atoms with van der Waals surface area (Å²) in [7, 11) is 0. The average Bonchev–Trinajstić information content (AvgIpc) is 2.77. The summed E-state index contributed by atoms with van der Waals surface area (Å²) >= 11 is 0. The molecular weight excluding hydrogens is 297 g/mol. The van der Waals surface area contributed by atoms with E-state index in [9.17, 15) is 18.0 Å². The van der Waals surface area contributed by atoms with E-state index >= 15 is 0 Å². The Morgan fingerprint density at radius 3 is 2.91 bits per heavy atom. The molecule has 2 heterocycles. The predicted octanol–water partition coefficient (Wildman–Crippen LogP) is 2.39. The molecule has 1 saturated heterocycles. The van der Waals surface area contributed by atoms with E-state index in [0.717, 1.165) is 6.42 Å². The molecular formula is C14H19F3N4O. The van der Waals surface area contributed by atoms with E-state index < -0.39 is 12.6 Å². The number of hydrogen-bond donors (Lipinski definition) is 1. The Morgan fingerprint density at radius 2 is 2.23 bits per heavy atom. The van der Waals surface area contributed by atoms with E-state index in [1.54, 1.807) is 4.90 Å². The Balaban J connectivity index is 1.92. The lowest BCUT2D eigenvalue weighted by molar-refractivity contribution is -0.134. The molecule has 1 atom stereocenters. The normalized spacial score (nSPS) is 18.8. The summed E-state index contributed by atoms with van der Waals surface area (Å²) in [5.41, 5.74) is 0.338. The zero-order valence-corrected chi connectivity index (χ0v) is 12.4. The third kappa shape index (κ3) is 4.85. The van der Waals surface area contributed by atoms with Crippen LogP contribution in [0.25, 0.3) is 0 Å². The van der Waals surface area contributed by atoms with Crippen molar-refractivity contribution in [1.82, 2.24) is 14.9 Å². The summed E-state index contributed by atoms with van der Waals surface area (Å²) in [4.78, 5) is 21.6. The van der Waals surface area contributed by atoms with Crippen molar-refractivity contribution in [3.63, 3.8) is 0 Å². The minimum absolute atomic E-state index is 0.0765. The molecule has 0 saturated carbocycles. The number of nitrogens with zero attached hydrogens (tertiary/aromatic N) is 3. The van der Waals surface area contributed by atoms with Crippen LogP contribution in [0.4, 0.5) is 19.1 Å². The molecule has 0 aliphatic carbocycles. The number of likely N-dealkylation sites (tertiary alicyclic amines) is 1. The molecule has 1 aliphatic heterocycles. The highest BCUT2D eigenvalue weighted by molar-refractivity contribution is 5.79. The van der Waals surface area contributed by atoms with Gasteiger partial charge in [0, 0.05) is 37.8 Å². The molecule has 0 aromatic carbocycles. The number of aryl methyl sites for hydroxylation is 1. The third-order valence-corrected chi connectivity index (χ3v) is 3.42. The van der Waals surface area contributed by atoms with Crippen molar-refractivity contribution < 1.29 is 18.0 Å². The van der Waals surface area contributed by atoms with Gasteiger partial charge in [-0.15, -0.1) is 0 Å². The van der Waals surface area contributed by atoms with Crippen molar-refractivity contribution >= 4 is 11.9 Å². The molecule has 1 amide bonds. The number of carbonyl (C=O) groups is 1. The molecule has 1 N–H and O–H groups in total. The second-order valence-electron chi connectivity index (χ2n) is 5.37. The standard InChI is InChI=1S/C14H19F3N4O/c1-2-7-21-9-11(8-12(21)22)20-13-18-6-4-10(19-13)3-5-14(15,16)17/h4,6,11H,2-3,5,7-9H2,1H3,(H,18,19,20). The smallest absolute Gasteiger partial charge is 0.349 e. The molecule has 1 fully saturated rings. The summed E-state index contributed by atoms with van der Waals surface area (Å²) in [5.74, 6) is 0.350. The SMILES string of the molecule is CCCN1CC(Nc2nccc(CCC(F)(F)F)n2)CC1=O. The first-order valence-corrected chi connectivity index (χ1v) is 7.30. The van der Waals surface area contributed by atoms with E-state index in [1.807, 2.05) is 6.92 Å². The second kappa shape index (κ2) is 6.93. The summed E-state index contributed by atoms with van der Waals surface area (Å²) in [6.07, 6.45) is -2.60. The zero-order chi connectivity index (χ0) is 16.2. The van der Waals surface area contributed by atoms with Gasteiger partial charge in [-0.3, -0.25) is 4.79 Å². The lowest BCUT2D eigenvalue weighted by atomic mass is 10.2. The van der Waals surface area contributed by atoms with Crippen LogP contribution >= 0.6 is 0 Å². The highest BCUT2D eigenvalue weighted by atomic mass is 19.4. The number of carbonyl (C=O) groups excluding carboxylic acids is 1. The zero-order valence-electron chi connectivity index (χ0n) is 12.4. The second-order valence-corrected chi connectivity index (χ2v) is 5.37. The molecule has 1 aromatic rings. The van der Waals surface area contributed by atoms with Crippen LogP contribution in [0, 0.1) is 0 Å².